The maximum Gasteiger partial charge on any atom is 0.307 e. The average molecular weight is 743 g/mol. The Balaban J connectivity index is 1.22. The SMILES string of the molecule is COC(=O)C[C@H](NC(=O)C(C(C)C)n1ccc(CCOC(=O)CCc2cncc(-c3c(C)cccc3C)c2)cc1=O)c1cncc(-c2c(C)cccc2C)c1. The number of aryl methyl sites for hydroxylation is 5. The lowest BCUT2D eigenvalue weighted by atomic mass is 9.94. The molecule has 0 radical (unpaired) electrons. The molecule has 0 bridgehead atoms. The molecule has 5 aromatic rings. The number of amides is 1. The fraction of sp³-hybridized carbons (Fsp3) is 0.333. The van der Waals surface area contributed by atoms with E-state index >= 15 is 0 Å². The van der Waals surface area contributed by atoms with Crippen molar-refractivity contribution in [1.82, 2.24) is 19.9 Å². The predicted molar refractivity (Wildman–Crippen MR) is 213 cm³/mol. The van der Waals surface area contributed by atoms with Crippen LogP contribution in [0.3, 0.4) is 0 Å². The molecule has 0 saturated heterocycles. The van der Waals surface area contributed by atoms with E-state index in [1.165, 1.54) is 28.9 Å². The van der Waals surface area contributed by atoms with Gasteiger partial charge in [-0.25, -0.2) is 0 Å². The highest BCUT2D eigenvalue weighted by molar-refractivity contribution is 5.82. The molecule has 0 aliphatic heterocycles. The van der Waals surface area contributed by atoms with Crippen molar-refractivity contribution in [1.29, 1.82) is 0 Å². The summed E-state index contributed by atoms with van der Waals surface area (Å²) in [6.07, 6.45) is 9.52. The van der Waals surface area contributed by atoms with E-state index in [4.69, 9.17) is 9.47 Å². The molecule has 10 heteroatoms. The van der Waals surface area contributed by atoms with Crippen LogP contribution in [0.5, 0.6) is 0 Å². The fourth-order valence-electron chi connectivity index (χ4n) is 7.11. The highest BCUT2D eigenvalue weighted by atomic mass is 16.5. The van der Waals surface area contributed by atoms with Crippen molar-refractivity contribution in [2.75, 3.05) is 13.7 Å². The summed E-state index contributed by atoms with van der Waals surface area (Å²) in [6, 6.07) is 17.8. The number of hydrogen-bond donors (Lipinski definition) is 1. The third kappa shape index (κ3) is 10.2. The minimum Gasteiger partial charge on any atom is -0.469 e. The predicted octanol–water partition coefficient (Wildman–Crippen LogP) is 7.54. The van der Waals surface area contributed by atoms with Gasteiger partial charge in [-0.3, -0.25) is 29.1 Å². The second kappa shape index (κ2) is 18.4. The van der Waals surface area contributed by atoms with E-state index in [0.717, 1.165) is 38.9 Å². The van der Waals surface area contributed by atoms with Crippen molar-refractivity contribution < 1.29 is 23.9 Å². The number of carbonyl (C=O) groups excluding carboxylic acids is 3. The molecule has 10 nitrogen and oxygen atoms in total. The zero-order valence-corrected chi connectivity index (χ0v) is 32.7. The van der Waals surface area contributed by atoms with Gasteiger partial charge in [-0.05, 0) is 108 Å². The average Bonchev–Trinajstić information content (AvgIpc) is 3.14. The molecule has 55 heavy (non-hydrogen) atoms. The lowest BCUT2D eigenvalue weighted by molar-refractivity contribution is -0.144. The monoisotopic (exact) mass is 742 g/mol. The van der Waals surface area contributed by atoms with Gasteiger partial charge in [-0.15, -0.1) is 0 Å². The van der Waals surface area contributed by atoms with Crippen LogP contribution in [-0.2, 0) is 36.7 Å². The first-order valence-electron chi connectivity index (χ1n) is 18.6. The van der Waals surface area contributed by atoms with E-state index in [2.05, 4.69) is 47.3 Å². The summed E-state index contributed by atoms with van der Waals surface area (Å²) >= 11 is 0. The zero-order chi connectivity index (χ0) is 39.6. The number of hydrogen-bond acceptors (Lipinski definition) is 8. The van der Waals surface area contributed by atoms with Gasteiger partial charge in [-0.2, -0.15) is 0 Å². The summed E-state index contributed by atoms with van der Waals surface area (Å²) in [4.78, 5) is 61.4. The van der Waals surface area contributed by atoms with Crippen molar-refractivity contribution in [3.05, 3.63) is 141 Å². The third-order valence-corrected chi connectivity index (χ3v) is 9.90. The van der Waals surface area contributed by atoms with Crippen molar-refractivity contribution >= 4 is 17.8 Å². The van der Waals surface area contributed by atoms with Gasteiger partial charge in [-0.1, -0.05) is 50.2 Å². The first-order chi connectivity index (χ1) is 26.4. The Morgan fingerprint density at radius 1 is 0.745 bits per heavy atom. The third-order valence-electron chi connectivity index (χ3n) is 9.90. The number of nitrogens with one attached hydrogen (secondary N) is 1. The number of esters is 2. The Bertz CT molecular complexity index is 2190. The van der Waals surface area contributed by atoms with Gasteiger partial charge in [0.05, 0.1) is 26.2 Å². The number of methoxy groups -OCH3 is 1. The van der Waals surface area contributed by atoms with Gasteiger partial charge in [0.15, 0.2) is 0 Å². The molecule has 0 saturated carbocycles. The molecule has 1 amide bonds. The molecule has 3 aromatic heterocycles. The Morgan fingerprint density at radius 2 is 1.35 bits per heavy atom. The quantitative estimate of drug-likeness (QED) is 0.109. The minimum atomic E-state index is -0.864. The summed E-state index contributed by atoms with van der Waals surface area (Å²) < 4.78 is 11.9. The van der Waals surface area contributed by atoms with Crippen LogP contribution in [0.25, 0.3) is 22.3 Å². The molecule has 2 atom stereocenters. The highest BCUT2D eigenvalue weighted by Crippen LogP contribution is 2.30. The first kappa shape index (κ1) is 40.3. The maximum absolute atomic E-state index is 14.0. The lowest BCUT2D eigenvalue weighted by Crippen LogP contribution is -2.41. The summed E-state index contributed by atoms with van der Waals surface area (Å²) in [5.74, 6) is -1.51. The van der Waals surface area contributed by atoms with Crippen molar-refractivity contribution in [2.24, 2.45) is 5.92 Å². The van der Waals surface area contributed by atoms with Crippen molar-refractivity contribution in [3.8, 4) is 22.3 Å². The van der Waals surface area contributed by atoms with E-state index in [1.54, 1.807) is 30.9 Å². The molecular formula is C45H50N4O6. The fourth-order valence-corrected chi connectivity index (χ4v) is 7.11. The Hall–Kier alpha value is -5.90. The maximum atomic E-state index is 14.0. The molecule has 5 rings (SSSR count). The van der Waals surface area contributed by atoms with Gasteiger partial charge in [0.25, 0.3) is 5.56 Å². The molecule has 2 aromatic carbocycles. The van der Waals surface area contributed by atoms with Crippen LogP contribution in [0.4, 0.5) is 0 Å². The normalized spacial score (nSPS) is 12.2. The second-order valence-corrected chi connectivity index (χ2v) is 14.4. The standard InChI is InChI=1S/C45H50N4O6/c1-28(2)44(45(53)48-38(23-41(52)54-7)35-22-37(27-47-25-35)43-31(5)12-9-13-32(43)6)49-18-16-33(21-39(49)50)17-19-55-40(51)15-14-34-20-36(26-46-24-34)42-29(3)10-8-11-30(42)4/h8-13,16,18,20-22,24-28,38,44H,14-15,17,19,23H2,1-7H3,(H,48,53)/t38-,44?/m0/s1. The summed E-state index contributed by atoms with van der Waals surface area (Å²) in [6.45, 7) is 12.0. The number of ether oxygens (including phenoxy) is 2. The number of nitrogens with zero attached hydrogens (tertiary/aromatic N) is 3. The number of rotatable bonds is 15. The van der Waals surface area contributed by atoms with Gasteiger partial charge >= 0.3 is 11.9 Å². The van der Waals surface area contributed by atoms with Crippen molar-refractivity contribution in [3.63, 3.8) is 0 Å². The smallest absolute Gasteiger partial charge is 0.307 e. The molecule has 0 aliphatic rings. The molecule has 1 N–H and O–H groups in total. The number of benzene rings is 2. The Kier molecular flexibility index (Phi) is 13.5. The number of pyridine rings is 3. The van der Waals surface area contributed by atoms with Crippen LogP contribution in [0.1, 0.15) is 77.7 Å². The van der Waals surface area contributed by atoms with E-state index in [1.807, 2.05) is 64.2 Å². The largest absolute Gasteiger partial charge is 0.469 e. The summed E-state index contributed by atoms with van der Waals surface area (Å²) in [7, 11) is 1.30. The van der Waals surface area contributed by atoms with Gasteiger partial charge < -0.3 is 19.4 Å². The van der Waals surface area contributed by atoms with Gasteiger partial charge in [0, 0.05) is 61.0 Å². The molecule has 0 aliphatic carbocycles. The molecule has 0 spiro atoms. The van der Waals surface area contributed by atoms with E-state index in [-0.39, 0.29) is 36.9 Å². The van der Waals surface area contributed by atoms with E-state index in [9.17, 15) is 19.2 Å². The number of carbonyl (C=O) groups is 3. The Morgan fingerprint density at radius 3 is 1.93 bits per heavy atom. The topological polar surface area (TPSA) is 129 Å². The van der Waals surface area contributed by atoms with Crippen LogP contribution < -0.4 is 10.9 Å². The van der Waals surface area contributed by atoms with Crippen LogP contribution >= 0.6 is 0 Å². The summed E-state index contributed by atoms with van der Waals surface area (Å²) in [5, 5.41) is 3.01. The summed E-state index contributed by atoms with van der Waals surface area (Å²) in [5.41, 5.74) is 10.5. The molecule has 3 heterocycles. The highest BCUT2D eigenvalue weighted by Gasteiger charge is 2.29. The van der Waals surface area contributed by atoms with E-state index < -0.39 is 24.0 Å². The van der Waals surface area contributed by atoms with Gasteiger partial charge in [0.1, 0.15) is 6.04 Å². The Labute approximate surface area is 323 Å². The second-order valence-electron chi connectivity index (χ2n) is 14.4. The number of aromatic nitrogens is 3. The van der Waals surface area contributed by atoms with Crippen LogP contribution in [-0.4, -0.2) is 46.1 Å². The minimum absolute atomic E-state index is 0.113. The van der Waals surface area contributed by atoms with Crippen molar-refractivity contribution in [2.45, 2.75) is 79.3 Å². The molecule has 1 unspecified atom stereocenters. The van der Waals surface area contributed by atoms with Crippen LogP contribution in [0.2, 0.25) is 0 Å². The van der Waals surface area contributed by atoms with Gasteiger partial charge in [0.2, 0.25) is 5.91 Å². The molecule has 0 fully saturated rings. The molecular weight excluding hydrogens is 693 g/mol. The lowest BCUT2D eigenvalue weighted by Gasteiger charge is -2.26. The van der Waals surface area contributed by atoms with E-state index in [0.29, 0.717) is 24.0 Å². The van der Waals surface area contributed by atoms with Crippen LogP contribution in [0.15, 0.2) is 96.4 Å². The van der Waals surface area contributed by atoms with Crippen LogP contribution in [0, 0.1) is 33.6 Å². The first-order valence-corrected chi connectivity index (χ1v) is 18.6. The zero-order valence-electron chi connectivity index (χ0n) is 32.7. The molecule has 286 valence electrons.